The first-order valence-electron chi connectivity index (χ1n) is 10.1. The number of ether oxygens (including phenoxy) is 1. The van der Waals surface area contributed by atoms with Gasteiger partial charge in [-0.05, 0) is 19.4 Å². The van der Waals surface area contributed by atoms with Gasteiger partial charge in [-0.3, -0.25) is 24.5 Å². The molecule has 3 rings (SSSR count). The summed E-state index contributed by atoms with van der Waals surface area (Å²) < 4.78 is 31.6. The van der Waals surface area contributed by atoms with Crippen molar-refractivity contribution < 1.29 is 22.9 Å². The number of methoxy groups -OCH3 is 1. The van der Waals surface area contributed by atoms with Crippen LogP contribution in [0.2, 0.25) is 0 Å². The molecule has 1 atom stereocenters. The summed E-state index contributed by atoms with van der Waals surface area (Å²) in [6, 6.07) is 9.95. The fourth-order valence-corrected chi connectivity index (χ4v) is 5.23. The molecule has 13 heteroatoms. The standard InChI is InChI=1S/C21H23N5O6S2/c1-5-16(19(27)22-21-24-23-20(33-21)14-8-6-13(2)7-9-14)25(34(4,30)31)17-12-15(26(28)29)10-11-18(17)32-3/h6-12,16H,5H2,1-4H3,(H,22,24,27)/t16-/m0/s1. The number of hydrogen-bond acceptors (Lipinski definition) is 9. The molecule has 0 saturated heterocycles. The van der Waals surface area contributed by atoms with Crippen molar-refractivity contribution in [3.8, 4) is 16.3 Å². The summed E-state index contributed by atoms with van der Waals surface area (Å²) >= 11 is 1.14. The molecule has 2 aromatic carbocycles. The molecule has 1 amide bonds. The zero-order chi connectivity index (χ0) is 25.0. The van der Waals surface area contributed by atoms with E-state index in [1.54, 1.807) is 6.92 Å². The molecule has 1 aromatic heterocycles. The molecule has 0 fully saturated rings. The maximum absolute atomic E-state index is 13.2. The van der Waals surface area contributed by atoms with Crippen molar-refractivity contribution in [3.05, 3.63) is 58.1 Å². The molecule has 11 nitrogen and oxygen atoms in total. The Labute approximate surface area is 200 Å². The van der Waals surface area contributed by atoms with E-state index in [9.17, 15) is 23.3 Å². The summed E-state index contributed by atoms with van der Waals surface area (Å²) in [6.07, 6.45) is 0.996. The number of carbonyl (C=O) groups is 1. The van der Waals surface area contributed by atoms with Gasteiger partial charge in [0.2, 0.25) is 21.1 Å². The van der Waals surface area contributed by atoms with Crippen molar-refractivity contribution >= 4 is 43.8 Å². The highest BCUT2D eigenvalue weighted by Gasteiger charge is 2.35. The summed E-state index contributed by atoms with van der Waals surface area (Å²) in [5.41, 5.74) is 1.46. The fraction of sp³-hybridized carbons (Fsp3) is 0.286. The molecule has 0 aliphatic heterocycles. The first-order valence-corrected chi connectivity index (χ1v) is 12.7. The Morgan fingerprint density at radius 3 is 2.47 bits per heavy atom. The highest BCUT2D eigenvalue weighted by Crippen LogP contribution is 2.36. The number of nitro benzene ring substituents is 1. The lowest BCUT2D eigenvalue weighted by Gasteiger charge is -2.30. The number of hydrogen-bond donors (Lipinski definition) is 1. The molecule has 0 radical (unpaired) electrons. The van der Waals surface area contributed by atoms with E-state index in [0.29, 0.717) is 5.01 Å². The van der Waals surface area contributed by atoms with Crippen molar-refractivity contribution in [1.82, 2.24) is 10.2 Å². The van der Waals surface area contributed by atoms with Crippen molar-refractivity contribution in [2.75, 3.05) is 23.0 Å². The normalized spacial score (nSPS) is 12.1. The number of nitrogens with one attached hydrogen (secondary N) is 1. The van der Waals surface area contributed by atoms with Crippen molar-refractivity contribution in [1.29, 1.82) is 0 Å². The summed E-state index contributed by atoms with van der Waals surface area (Å²) in [5.74, 6) is -0.590. The summed E-state index contributed by atoms with van der Waals surface area (Å²) in [5, 5.41) is 22.8. The third kappa shape index (κ3) is 5.48. The van der Waals surface area contributed by atoms with Crippen LogP contribution in [0, 0.1) is 17.0 Å². The van der Waals surface area contributed by atoms with Gasteiger partial charge in [0.1, 0.15) is 22.5 Å². The van der Waals surface area contributed by atoms with Gasteiger partial charge in [0, 0.05) is 17.7 Å². The molecule has 0 unspecified atom stereocenters. The maximum Gasteiger partial charge on any atom is 0.271 e. The van der Waals surface area contributed by atoms with E-state index in [4.69, 9.17) is 4.74 Å². The Balaban J connectivity index is 1.95. The second-order valence-corrected chi connectivity index (χ2v) is 10.2. The molecule has 0 saturated carbocycles. The van der Waals surface area contributed by atoms with E-state index >= 15 is 0 Å². The van der Waals surface area contributed by atoms with E-state index in [1.165, 1.54) is 19.2 Å². The Bertz CT molecular complexity index is 1310. The number of carbonyl (C=O) groups excluding carboxylic acids is 1. The predicted octanol–water partition coefficient (Wildman–Crippen LogP) is 3.61. The van der Waals surface area contributed by atoms with Gasteiger partial charge < -0.3 is 4.74 Å². The topological polar surface area (TPSA) is 145 Å². The molecule has 0 spiro atoms. The molecular weight excluding hydrogens is 482 g/mol. The minimum atomic E-state index is -4.05. The number of amides is 1. The van der Waals surface area contributed by atoms with Crippen molar-refractivity contribution in [2.45, 2.75) is 26.3 Å². The lowest BCUT2D eigenvalue weighted by Crippen LogP contribution is -2.47. The van der Waals surface area contributed by atoms with Crippen LogP contribution in [0.4, 0.5) is 16.5 Å². The first kappa shape index (κ1) is 25.1. The number of rotatable bonds is 9. The summed E-state index contributed by atoms with van der Waals surface area (Å²) in [6.45, 7) is 3.59. The zero-order valence-electron chi connectivity index (χ0n) is 18.9. The van der Waals surface area contributed by atoms with Crippen LogP contribution in [-0.2, 0) is 14.8 Å². The van der Waals surface area contributed by atoms with Gasteiger partial charge in [-0.15, -0.1) is 10.2 Å². The molecule has 34 heavy (non-hydrogen) atoms. The highest BCUT2D eigenvalue weighted by molar-refractivity contribution is 7.92. The quantitative estimate of drug-likeness (QED) is 0.343. The van der Waals surface area contributed by atoms with Crippen LogP contribution in [0.5, 0.6) is 5.75 Å². The van der Waals surface area contributed by atoms with Gasteiger partial charge in [0.15, 0.2) is 0 Å². The number of nitrogens with zero attached hydrogens (tertiary/aromatic N) is 4. The van der Waals surface area contributed by atoms with Crippen LogP contribution in [-0.4, -0.2) is 48.9 Å². The molecule has 1 heterocycles. The Morgan fingerprint density at radius 1 is 1.24 bits per heavy atom. The minimum Gasteiger partial charge on any atom is -0.495 e. The number of nitro groups is 1. The smallest absolute Gasteiger partial charge is 0.271 e. The second-order valence-electron chi connectivity index (χ2n) is 7.36. The average Bonchev–Trinajstić information content (AvgIpc) is 3.24. The van der Waals surface area contributed by atoms with Crippen molar-refractivity contribution in [3.63, 3.8) is 0 Å². The minimum absolute atomic E-state index is 0.0693. The zero-order valence-corrected chi connectivity index (χ0v) is 20.5. The molecule has 0 bridgehead atoms. The Kier molecular flexibility index (Phi) is 7.47. The lowest BCUT2D eigenvalue weighted by molar-refractivity contribution is -0.384. The molecule has 3 aromatic rings. The van der Waals surface area contributed by atoms with E-state index in [0.717, 1.165) is 39.1 Å². The number of sulfonamides is 1. The van der Waals surface area contributed by atoms with Crippen LogP contribution in [0.1, 0.15) is 18.9 Å². The van der Waals surface area contributed by atoms with Crippen LogP contribution >= 0.6 is 11.3 Å². The number of anilines is 2. The number of aryl methyl sites for hydroxylation is 1. The van der Waals surface area contributed by atoms with Crippen molar-refractivity contribution in [2.24, 2.45) is 0 Å². The maximum atomic E-state index is 13.2. The average molecular weight is 506 g/mol. The van der Waals surface area contributed by atoms with Gasteiger partial charge in [0.25, 0.3) is 5.69 Å². The van der Waals surface area contributed by atoms with Crippen LogP contribution < -0.4 is 14.4 Å². The van der Waals surface area contributed by atoms with Gasteiger partial charge in [-0.2, -0.15) is 0 Å². The van der Waals surface area contributed by atoms with Crippen LogP contribution in [0.3, 0.4) is 0 Å². The largest absolute Gasteiger partial charge is 0.495 e. The second kappa shape index (κ2) is 10.1. The molecule has 1 N–H and O–H groups in total. The van der Waals surface area contributed by atoms with Gasteiger partial charge in [0.05, 0.1) is 18.3 Å². The Hall–Kier alpha value is -3.58. The lowest BCUT2D eigenvalue weighted by atomic mass is 10.1. The third-order valence-corrected chi connectivity index (χ3v) is 6.95. The Morgan fingerprint density at radius 2 is 1.91 bits per heavy atom. The number of aromatic nitrogens is 2. The van der Waals surface area contributed by atoms with E-state index in [2.05, 4.69) is 15.5 Å². The molecule has 180 valence electrons. The molecular formula is C21H23N5O6S2. The predicted molar refractivity (Wildman–Crippen MR) is 130 cm³/mol. The van der Waals surface area contributed by atoms with E-state index in [-0.39, 0.29) is 28.7 Å². The van der Waals surface area contributed by atoms with E-state index < -0.39 is 26.9 Å². The van der Waals surface area contributed by atoms with Gasteiger partial charge >= 0.3 is 0 Å². The SMILES string of the molecule is CC[C@@H](C(=O)Nc1nnc(-c2ccc(C)cc2)s1)N(c1cc([N+](=O)[O-])ccc1OC)S(C)(=O)=O. The molecule has 0 aliphatic carbocycles. The molecule has 0 aliphatic rings. The summed E-state index contributed by atoms with van der Waals surface area (Å²) in [7, 11) is -2.74. The van der Waals surface area contributed by atoms with Crippen LogP contribution in [0.25, 0.3) is 10.6 Å². The summed E-state index contributed by atoms with van der Waals surface area (Å²) in [4.78, 5) is 23.8. The number of non-ortho nitro benzene ring substituents is 1. The monoisotopic (exact) mass is 505 g/mol. The van der Waals surface area contributed by atoms with E-state index in [1.807, 2.05) is 31.2 Å². The highest BCUT2D eigenvalue weighted by atomic mass is 32.2. The third-order valence-electron chi connectivity index (χ3n) is 4.89. The first-order chi connectivity index (χ1) is 16.0. The van der Waals surface area contributed by atoms with Crippen LogP contribution in [0.15, 0.2) is 42.5 Å². The van der Waals surface area contributed by atoms with Gasteiger partial charge in [-0.1, -0.05) is 48.1 Å². The number of benzene rings is 2. The van der Waals surface area contributed by atoms with Gasteiger partial charge in [-0.25, -0.2) is 8.42 Å². The fourth-order valence-electron chi connectivity index (χ4n) is 3.27.